The lowest BCUT2D eigenvalue weighted by Gasteiger charge is -2.32. The van der Waals surface area contributed by atoms with E-state index in [0.717, 1.165) is 5.56 Å². The summed E-state index contributed by atoms with van der Waals surface area (Å²) in [6.45, 7) is 2.67. The normalized spacial score (nSPS) is 15.4. The number of nitrogens with zero attached hydrogens (tertiary/aromatic N) is 1. The van der Waals surface area contributed by atoms with Crippen molar-refractivity contribution >= 4 is 15.9 Å². The summed E-state index contributed by atoms with van der Waals surface area (Å²) in [7, 11) is -3.57. The number of benzene rings is 2. The second-order valence-corrected chi connectivity index (χ2v) is 8.55. The Morgan fingerprint density at radius 3 is 2.32 bits per heavy atom. The summed E-state index contributed by atoms with van der Waals surface area (Å²) in [6, 6.07) is 12.0. The van der Waals surface area contributed by atoms with Crippen molar-refractivity contribution in [3.63, 3.8) is 0 Å². The van der Waals surface area contributed by atoms with Crippen LogP contribution in [0.2, 0.25) is 0 Å². The summed E-state index contributed by atoms with van der Waals surface area (Å²) in [5.74, 6) is -0.117. The van der Waals surface area contributed by atoms with E-state index >= 15 is 0 Å². The van der Waals surface area contributed by atoms with E-state index in [0.29, 0.717) is 31.7 Å². The first-order chi connectivity index (χ1) is 13.3. The van der Waals surface area contributed by atoms with E-state index in [1.165, 1.54) is 24.3 Å². The van der Waals surface area contributed by atoms with E-state index in [4.69, 9.17) is 4.74 Å². The van der Waals surface area contributed by atoms with Gasteiger partial charge in [0.2, 0.25) is 10.0 Å². The minimum absolute atomic E-state index is 0.134. The van der Waals surface area contributed by atoms with Crippen molar-refractivity contribution in [1.82, 2.24) is 9.62 Å². The molecule has 1 saturated heterocycles. The molecule has 1 aliphatic heterocycles. The lowest BCUT2D eigenvalue weighted by molar-refractivity contribution is -0.134. The molecular formula is C20H23FN2O4S. The van der Waals surface area contributed by atoms with Crippen LogP contribution < -0.4 is 9.46 Å². The Hall–Kier alpha value is -2.45. The average molecular weight is 406 g/mol. The van der Waals surface area contributed by atoms with Crippen LogP contribution in [0.15, 0.2) is 53.4 Å². The Morgan fingerprint density at radius 2 is 1.71 bits per heavy atom. The van der Waals surface area contributed by atoms with E-state index < -0.39 is 10.0 Å². The standard InChI is InChI=1S/C20H23FN2O4S/c1-15-2-8-19(9-3-15)28(25,26)22-17-10-12-23(13-11-17)20(24)14-27-18-6-4-16(21)5-7-18/h2-9,17,22H,10-14H2,1H3. The summed E-state index contributed by atoms with van der Waals surface area (Å²) in [6.07, 6.45) is 1.07. The summed E-state index contributed by atoms with van der Waals surface area (Å²) < 4.78 is 45.9. The fraction of sp³-hybridized carbons (Fsp3) is 0.350. The smallest absolute Gasteiger partial charge is 0.260 e. The first-order valence-electron chi connectivity index (χ1n) is 9.09. The van der Waals surface area contributed by atoms with Gasteiger partial charge in [-0.25, -0.2) is 17.5 Å². The zero-order valence-corrected chi connectivity index (χ0v) is 16.4. The number of hydrogen-bond donors (Lipinski definition) is 1. The first kappa shape index (κ1) is 20.3. The molecule has 0 bridgehead atoms. The largest absolute Gasteiger partial charge is 0.484 e. The minimum atomic E-state index is -3.57. The molecule has 0 radical (unpaired) electrons. The maximum absolute atomic E-state index is 12.9. The zero-order chi connectivity index (χ0) is 20.1. The Balaban J connectivity index is 1.47. The highest BCUT2D eigenvalue weighted by molar-refractivity contribution is 7.89. The first-order valence-corrected chi connectivity index (χ1v) is 10.6. The molecule has 0 atom stereocenters. The third-order valence-corrected chi connectivity index (χ3v) is 6.21. The molecule has 1 N–H and O–H groups in total. The molecule has 8 heteroatoms. The van der Waals surface area contributed by atoms with Crippen LogP contribution in [0, 0.1) is 12.7 Å². The van der Waals surface area contributed by atoms with Gasteiger partial charge in [-0.15, -0.1) is 0 Å². The van der Waals surface area contributed by atoms with Crippen molar-refractivity contribution in [2.45, 2.75) is 30.7 Å². The van der Waals surface area contributed by atoms with Crippen LogP contribution in [0.4, 0.5) is 4.39 Å². The molecule has 0 unspecified atom stereocenters. The highest BCUT2D eigenvalue weighted by atomic mass is 32.2. The monoisotopic (exact) mass is 406 g/mol. The van der Waals surface area contributed by atoms with Gasteiger partial charge in [-0.1, -0.05) is 17.7 Å². The number of likely N-dealkylation sites (tertiary alicyclic amines) is 1. The van der Waals surface area contributed by atoms with Gasteiger partial charge in [0.15, 0.2) is 6.61 Å². The van der Waals surface area contributed by atoms with Gasteiger partial charge < -0.3 is 9.64 Å². The fourth-order valence-corrected chi connectivity index (χ4v) is 4.32. The van der Waals surface area contributed by atoms with Gasteiger partial charge in [-0.3, -0.25) is 4.79 Å². The summed E-state index contributed by atoms with van der Waals surface area (Å²) >= 11 is 0. The van der Waals surface area contributed by atoms with Gasteiger partial charge in [-0.2, -0.15) is 0 Å². The van der Waals surface area contributed by atoms with E-state index in [2.05, 4.69) is 4.72 Å². The van der Waals surface area contributed by atoms with E-state index in [1.54, 1.807) is 29.2 Å². The molecule has 1 amide bonds. The lowest BCUT2D eigenvalue weighted by Crippen LogP contribution is -2.47. The van der Waals surface area contributed by atoms with Crippen LogP contribution in [0.1, 0.15) is 18.4 Å². The number of carbonyl (C=O) groups excluding carboxylic acids is 1. The van der Waals surface area contributed by atoms with Crippen molar-refractivity contribution < 1.29 is 22.3 Å². The van der Waals surface area contributed by atoms with Crippen molar-refractivity contribution in [2.24, 2.45) is 0 Å². The van der Waals surface area contributed by atoms with Gasteiger partial charge in [0.1, 0.15) is 11.6 Å². The maximum Gasteiger partial charge on any atom is 0.260 e. The summed E-state index contributed by atoms with van der Waals surface area (Å²) in [5, 5.41) is 0. The van der Waals surface area contributed by atoms with Crippen LogP contribution in [0.3, 0.4) is 0 Å². The van der Waals surface area contributed by atoms with Gasteiger partial charge >= 0.3 is 0 Å². The van der Waals surface area contributed by atoms with Crippen LogP contribution >= 0.6 is 0 Å². The average Bonchev–Trinajstić information content (AvgIpc) is 2.68. The number of aryl methyl sites for hydroxylation is 1. The number of sulfonamides is 1. The number of piperidine rings is 1. The number of nitrogens with one attached hydrogen (secondary N) is 1. The second kappa shape index (κ2) is 8.70. The van der Waals surface area contributed by atoms with Crippen molar-refractivity contribution in [3.8, 4) is 5.75 Å². The number of amides is 1. The summed E-state index contributed by atoms with van der Waals surface area (Å²) in [4.78, 5) is 14.2. The Labute approximate surface area is 164 Å². The van der Waals surface area contributed by atoms with E-state index in [-0.39, 0.29) is 29.3 Å². The van der Waals surface area contributed by atoms with E-state index in [1.807, 2.05) is 6.92 Å². The topological polar surface area (TPSA) is 75.7 Å². The number of ether oxygens (including phenoxy) is 1. The van der Waals surface area contributed by atoms with Crippen molar-refractivity contribution in [1.29, 1.82) is 0 Å². The second-order valence-electron chi connectivity index (χ2n) is 6.83. The third kappa shape index (κ3) is 5.30. The Kier molecular flexibility index (Phi) is 6.31. The molecule has 2 aromatic carbocycles. The van der Waals surface area contributed by atoms with Crippen molar-refractivity contribution in [2.75, 3.05) is 19.7 Å². The van der Waals surface area contributed by atoms with Gasteiger partial charge in [0.05, 0.1) is 4.90 Å². The molecule has 28 heavy (non-hydrogen) atoms. The lowest BCUT2D eigenvalue weighted by atomic mass is 10.1. The maximum atomic E-state index is 12.9. The molecule has 1 fully saturated rings. The molecule has 0 spiro atoms. The summed E-state index contributed by atoms with van der Waals surface area (Å²) in [5.41, 5.74) is 0.994. The number of hydrogen-bond acceptors (Lipinski definition) is 4. The molecular weight excluding hydrogens is 383 g/mol. The minimum Gasteiger partial charge on any atom is -0.484 e. The van der Waals surface area contributed by atoms with Gasteiger partial charge in [-0.05, 0) is 56.2 Å². The molecule has 150 valence electrons. The highest BCUT2D eigenvalue weighted by Gasteiger charge is 2.26. The molecule has 1 heterocycles. The molecule has 6 nitrogen and oxygen atoms in total. The van der Waals surface area contributed by atoms with E-state index in [9.17, 15) is 17.6 Å². The Morgan fingerprint density at radius 1 is 1.11 bits per heavy atom. The number of rotatable bonds is 6. The van der Waals surface area contributed by atoms with Gasteiger partial charge in [0, 0.05) is 19.1 Å². The number of carbonyl (C=O) groups is 1. The molecule has 3 rings (SSSR count). The van der Waals surface area contributed by atoms with Crippen molar-refractivity contribution in [3.05, 3.63) is 59.9 Å². The zero-order valence-electron chi connectivity index (χ0n) is 15.6. The molecule has 0 saturated carbocycles. The predicted octanol–water partition coefficient (Wildman–Crippen LogP) is 2.48. The molecule has 0 aliphatic carbocycles. The van der Waals surface area contributed by atoms with Crippen LogP contribution in [0.5, 0.6) is 5.75 Å². The van der Waals surface area contributed by atoms with Crippen LogP contribution in [-0.2, 0) is 14.8 Å². The molecule has 1 aliphatic rings. The SMILES string of the molecule is Cc1ccc(S(=O)(=O)NC2CCN(C(=O)COc3ccc(F)cc3)CC2)cc1. The van der Waals surface area contributed by atoms with Crippen LogP contribution in [0.25, 0.3) is 0 Å². The fourth-order valence-electron chi connectivity index (χ4n) is 3.02. The molecule has 0 aromatic heterocycles. The highest BCUT2D eigenvalue weighted by Crippen LogP contribution is 2.16. The molecule has 2 aromatic rings. The predicted molar refractivity (Wildman–Crippen MR) is 103 cm³/mol. The number of halogens is 1. The quantitative estimate of drug-likeness (QED) is 0.800. The van der Waals surface area contributed by atoms with Gasteiger partial charge in [0.25, 0.3) is 5.91 Å². The Bertz CT molecular complexity index is 906. The third-order valence-electron chi connectivity index (χ3n) is 4.68. The van der Waals surface area contributed by atoms with Crippen LogP contribution in [-0.4, -0.2) is 45.0 Å².